The van der Waals surface area contributed by atoms with Crippen LogP contribution in [-0.4, -0.2) is 43.8 Å². The highest BCUT2D eigenvalue weighted by Gasteiger charge is 2.31. The number of rotatable bonds is 6. The second-order valence-electron chi connectivity index (χ2n) is 6.78. The monoisotopic (exact) mass is 382 g/mol. The van der Waals surface area contributed by atoms with Crippen LogP contribution in [0, 0.1) is 0 Å². The molecule has 0 amide bonds. The zero-order chi connectivity index (χ0) is 19.0. The van der Waals surface area contributed by atoms with Gasteiger partial charge in [-0.1, -0.05) is 30.0 Å². The molecule has 0 aliphatic heterocycles. The summed E-state index contributed by atoms with van der Waals surface area (Å²) in [5.41, 5.74) is 6.88. The fourth-order valence-electron chi connectivity index (χ4n) is 2.71. The van der Waals surface area contributed by atoms with Gasteiger partial charge in [0.25, 0.3) is 0 Å². The first-order valence-corrected chi connectivity index (χ1v) is 9.77. The maximum Gasteiger partial charge on any atom is 0.229 e. The lowest BCUT2D eigenvalue weighted by Gasteiger charge is -2.13. The third-order valence-corrected chi connectivity index (χ3v) is 5.21. The molecule has 0 saturated heterocycles. The molecule has 1 aliphatic carbocycles. The van der Waals surface area contributed by atoms with Crippen LogP contribution in [0.3, 0.4) is 0 Å². The average Bonchev–Trinajstić information content (AvgIpc) is 3.42. The molecule has 0 bridgehead atoms. The normalized spacial score (nSPS) is 14.9. The Hall–Kier alpha value is -2.68. The van der Waals surface area contributed by atoms with E-state index >= 15 is 0 Å². The van der Waals surface area contributed by atoms with Crippen molar-refractivity contribution in [3.8, 4) is 5.69 Å². The van der Waals surface area contributed by atoms with Gasteiger partial charge in [-0.15, -0.1) is 5.10 Å². The molecule has 3 aromatic rings. The molecule has 2 N–H and O–H groups in total. The van der Waals surface area contributed by atoms with Crippen LogP contribution in [0.25, 0.3) is 5.69 Å². The van der Waals surface area contributed by atoms with Crippen molar-refractivity contribution in [2.24, 2.45) is 0 Å². The number of hydrogen-bond acceptors (Lipinski definition) is 8. The van der Waals surface area contributed by atoms with Crippen molar-refractivity contribution < 1.29 is 0 Å². The Morgan fingerprint density at radius 1 is 1.11 bits per heavy atom. The van der Waals surface area contributed by atoms with Gasteiger partial charge >= 0.3 is 0 Å². The van der Waals surface area contributed by atoms with E-state index in [0.29, 0.717) is 17.7 Å². The van der Waals surface area contributed by atoms with Crippen LogP contribution < -0.4 is 10.6 Å². The van der Waals surface area contributed by atoms with Crippen LogP contribution in [0.5, 0.6) is 0 Å². The number of anilines is 2. The number of benzene rings is 1. The molecule has 1 fully saturated rings. The lowest BCUT2D eigenvalue weighted by Crippen LogP contribution is -2.16. The maximum absolute atomic E-state index is 5.85. The number of hydrogen-bond donors (Lipinski definition) is 1. The van der Waals surface area contributed by atoms with E-state index in [0.717, 1.165) is 16.7 Å². The minimum Gasteiger partial charge on any atom is -0.368 e. The lowest BCUT2D eigenvalue weighted by atomic mass is 10.3. The molecule has 2 heterocycles. The first-order chi connectivity index (χ1) is 13.0. The second kappa shape index (κ2) is 7.15. The van der Waals surface area contributed by atoms with E-state index in [1.165, 1.54) is 24.6 Å². The topological polar surface area (TPSA) is 98.6 Å². The average molecular weight is 382 g/mol. The molecule has 1 saturated carbocycles. The Morgan fingerprint density at radius 2 is 1.85 bits per heavy atom. The van der Waals surface area contributed by atoms with E-state index < -0.39 is 0 Å². The first kappa shape index (κ1) is 17.7. The Kier molecular flexibility index (Phi) is 4.69. The van der Waals surface area contributed by atoms with Crippen LogP contribution in [0.4, 0.5) is 11.9 Å². The molecule has 140 valence electrons. The number of thioether (sulfide) groups is 1. The second-order valence-corrected chi connectivity index (χ2v) is 8.09. The molecule has 2 aromatic heterocycles. The Labute approximate surface area is 162 Å². The quantitative estimate of drug-likeness (QED) is 0.650. The number of aromatic nitrogens is 6. The Balaban J connectivity index is 1.61. The van der Waals surface area contributed by atoms with Crippen LogP contribution in [0.1, 0.15) is 42.6 Å². The molecule has 9 heteroatoms. The number of para-hydroxylation sites is 1. The molecular weight excluding hydrogens is 360 g/mol. The van der Waals surface area contributed by atoms with Crippen LogP contribution >= 0.6 is 11.8 Å². The SMILES string of the molecule is CC(Sc1nc(C2CC2)n(-c2ccccc2)n1)c1nc(N)nc(N(C)C)n1. The smallest absolute Gasteiger partial charge is 0.229 e. The third kappa shape index (κ3) is 3.87. The van der Waals surface area contributed by atoms with Crippen LogP contribution in [-0.2, 0) is 0 Å². The van der Waals surface area contributed by atoms with Crippen molar-refractivity contribution in [3.05, 3.63) is 42.0 Å². The summed E-state index contributed by atoms with van der Waals surface area (Å²) in [6.45, 7) is 2.03. The summed E-state index contributed by atoms with van der Waals surface area (Å²) in [5, 5.41) is 5.42. The van der Waals surface area contributed by atoms with E-state index in [2.05, 4.69) is 27.1 Å². The van der Waals surface area contributed by atoms with Crippen molar-refractivity contribution in [2.45, 2.75) is 36.1 Å². The van der Waals surface area contributed by atoms with Gasteiger partial charge in [-0.3, -0.25) is 0 Å². The van der Waals surface area contributed by atoms with Gasteiger partial charge in [0, 0.05) is 20.0 Å². The standard InChI is InChI=1S/C18H22N8S/c1-11(14-20-16(19)23-17(21-14)25(2)3)27-18-22-15(12-9-10-12)26(24-18)13-7-5-4-6-8-13/h4-8,11-12H,9-10H2,1-3H3,(H2,19,20,21,23). The summed E-state index contributed by atoms with van der Waals surface area (Å²) >= 11 is 1.53. The van der Waals surface area contributed by atoms with E-state index in [1.807, 2.05) is 48.8 Å². The summed E-state index contributed by atoms with van der Waals surface area (Å²) in [7, 11) is 3.75. The molecule has 4 rings (SSSR count). The Morgan fingerprint density at radius 3 is 2.52 bits per heavy atom. The number of nitrogens with two attached hydrogens (primary N) is 1. The minimum atomic E-state index is -0.0484. The summed E-state index contributed by atoms with van der Waals surface area (Å²) in [6.07, 6.45) is 2.34. The Bertz CT molecular complexity index is 936. The van der Waals surface area contributed by atoms with E-state index in [4.69, 9.17) is 15.8 Å². The fraction of sp³-hybridized carbons (Fsp3) is 0.389. The molecule has 0 radical (unpaired) electrons. The summed E-state index contributed by atoms with van der Waals surface area (Å²) in [6, 6.07) is 10.1. The summed E-state index contributed by atoms with van der Waals surface area (Å²) < 4.78 is 1.96. The van der Waals surface area contributed by atoms with Crippen LogP contribution in [0.2, 0.25) is 0 Å². The molecule has 0 spiro atoms. The van der Waals surface area contributed by atoms with Crippen molar-refractivity contribution in [1.29, 1.82) is 0 Å². The molecule has 1 aromatic carbocycles. The summed E-state index contributed by atoms with van der Waals surface area (Å²) in [5.74, 6) is 2.92. The minimum absolute atomic E-state index is 0.0484. The highest BCUT2D eigenvalue weighted by Crippen LogP contribution is 2.41. The van der Waals surface area contributed by atoms with Crippen molar-refractivity contribution >= 4 is 23.7 Å². The highest BCUT2D eigenvalue weighted by molar-refractivity contribution is 7.99. The molecule has 27 heavy (non-hydrogen) atoms. The zero-order valence-electron chi connectivity index (χ0n) is 15.6. The van der Waals surface area contributed by atoms with Crippen molar-refractivity contribution in [1.82, 2.24) is 29.7 Å². The van der Waals surface area contributed by atoms with E-state index in [9.17, 15) is 0 Å². The third-order valence-electron chi connectivity index (χ3n) is 4.26. The van der Waals surface area contributed by atoms with Gasteiger partial charge in [-0.25, -0.2) is 9.67 Å². The van der Waals surface area contributed by atoms with Gasteiger partial charge in [0.2, 0.25) is 17.1 Å². The van der Waals surface area contributed by atoms with Gasteiger partial charge in [-0.2, -0.15) is 15.0 Å². The fourth-order valence-corrected chi connectivity index (χ4v) is 3.51. The number of nitrogen functional groups attached to an aromatic ring is 1. The molecule has 1 unspecified atom stereocenters. The maximum atomic E-state index is 5.85. The molecule has 1 aliphatic rings. The molecule has 1 atom stereocenters. The summed E-state index contributed by atoms with van der Waals surface area (Å²) in [4.78, 5) is 19.6. The van der Waals surface area contributed by atoms with Crippen molar-refractivity contribution in [3.63, 3.8) is 0 Å². The number of nitrogens with zero attached hydrogens (tertiary/aromatic N) is 7. The van der Waals surface area contributed by atoms with Gasteiger partial charge in [-0.05, 0) is 31.9 Å². The van der Waals surface area contributed by atoms with Gasteiger partial charge < -0.3 is 10.6 Å². The predicted octanol–water partition coefficient (Wildman–Crippen LogP) is 2.83. The van der Waals surface area contributed by atoms with Gasteiger partial charge in [0.05, 0.1) is 10.9 Å². The molecular formula is C18H22N8S. The van der Waals surface area contributed by atoms with Crippen molar-refractivity contribution in [2.75, 3.05) is 24.7 Å². The zero-order valence-corrected chi connectivity index (χ0v) is 16.4. The first-order valence-electron chi connectivity index (χ1n) is 8.89. The van der Waals surface area contributed by atoms with Gasteiger partial charge in [0.1, 0.15) is 11.6 Å². The van der Waals surface area contributed by atoms with E-state index in [-0.39, 0.29) is 11.2 Å². The van der Waals surface area contributed by atoms with Gasteiger partial charge in [0.15, 0.2) is 0 Å². The highest BCUT2D eigenvalue weighted by atomic mass is 32.2. The largest absolute Gasteiger partial charge is 0.368 e. The molecule has 8 nitrogen and oxygen atoms in total. The van der Waals surface area contributed by atoms with Crippen LogP contribution in [0.15, 0.2) is 35.5 Å². The predicted molar refractivity (Wildman–Crippen MR) is 106 cm³/mol. The lowest BCUT2D eigenvalue weighted by molar-refractivity contribution is 0.781. The van der Waals surface area contributed by atoms with E-state index in [1.54, 1.807) is 0 Å².